The van der Waals surface area contributed by atoms with Gasteiger partial charge in [0.05, 0.1) is 6.04 Å². The maximum absolute atomic E-state index is 14.7. The van der Waals surface area contributed by atoms with E-state index < -0.39 is 11.6 Å². The number of carbonyl (C=O) groups is 1. The number of rotatable bonds is 2. The van der Waals surface area contributed by atoms with Gasteiger partial charge in [0.15, 0.2) is 11.6 Å². The van der Waals surface area contributed by atoms with Crippen molar-refractivity contribution in [3.63, 3.8) is 0 Å². The van der Waals surface area contributed by atoms with Gasteiger partial charge in [0.1, 0.15) is 0 Å². The Morgan fingerprint density at radius 2 is 1.75 bits per heavy atom. The zero-order valence-electron chi connectivity index (χ0n) is 15.9. The molecule has 4 heterocycles. The van der Waals surface area contributed by atoms with Crippen LogP contribution in [0, 0.1) is 24.5 Å². The van der Waals surface area contributed by atoms with Crippen molar-refractivity contribution in [1.29, 1.82) is 0 Å². The molecular weight excluding hydrogens is 358 g/mol. The number of benzene rings is 2. The molecule has 0 aromatic heterocycles. The van der Waals surface area contributed by atoms with E-state index in [1.807, 2.05) is 36.1 Å². The Kier molecular flexibility index (Phi) is 4.23. The fourth-order valence-corrected chi connectivity index (χ4v) is 5.70. The van der Waals surface area contributed by atoms with Crippen LogP contribution in [-0.4, -0.2) is 47.4 Å². The van der Waals surface area contributed by atoms with Crippen LogP contribution in [0.25, 0.3) is 0 Å². The van der Waals surface area contributed by atoms with E-state index in [0.29, 0.717) is 23.6 Å². The average Bonchev–Trinajstić information content (AvgIpc) is 3.13. The standard InChI is InChI=1S/C23H24F2N2O/c1-14-5-2-3-6-16(14)23(28)27-13-18(17-7-4-8-19(24)20(17)25)22-21(27)15-9-11-26(22)12-10-15/h2-8,15,18,21-22H,9-13H2,1H3/t18-,21+,22+/m1/s1. The predicted molar refractivity (Wildman–Crippen MR) is 103 cm³/mol. The molecule has 0 unspecified atom stereocenters. The Morgan fingerprint density at radius 1 is 1.00 bits per heavy atom. The summed E-state index contributed by atoms with van der Waals surface area (Å²) < 4.78 is 28.6. The molecule has 4 fully saturated rings. The van der Waals surface area contributed by atoms with Crippen molar-refractivity contribution in [2.24, 2.45) is 5.92 Å². The number of nitrogens with zero attached hydrogens (tertiary/aromatic N) is 2. The molecule has 0 radical (unpaired) electrons. The number of piperidine rings is 3. The van der Waals surface area contributed by atoms with Gasteiger partial charge in [-0.15, -0.1) is 0 Å². The number of likely N-dealkylation sites (tertiary alicyclic amines) is 1. The Labute approximate surface area is 163 Å². The second kappa shape index (κ2) is 6.66. The third-order valence-corrected chi connectivity index (χ3v) is 7.01. The monoisotopic (exact) mass is 382 g/mol. The Balaban J connectivity index is 1.57. The van der Waals surface area contributed by atoms with E-state index >= 15 is 0 Å². The quantitative estimate of drug-likeness (QED) is 0.785. The van der Waals surface area contributed by atoms with Gasteiger partial charge in [-0.25, -0.2) is 8.78 Å². The topological polar surface area (TPSA) is 23.6 Å². The van der Waals surface area contributed by atoms with Crippen LogP contribution < -0.4 is 0 Å². The van der Waals surface area contributed by atoms with Gasteiger partial charge < -0.3 is 4.90 Å². The SMILES string of the molecule is Cc1ccccc1C(=O)N1C[C@H](c2cccc(F)c2F)[C@H]2[C@@H]1C1CCN2CC1. The zero-order valence-corrected chi connectivity index (χ0v) is 15.9. The lowest BCUT2D eigenvalue weighted by Gasteiger charge is -2.51. The van der Waals surface area contributed by atoms with Crippen LogP contribution in [0.2, 0.25) is 0 Å². The minimum atomic E-state index is -0.811. The number of fused-ring (bicyclic) bond motifs is 2. The largest absolute Gasteiger partial charge is 0.333 e. The number of amides is 1. The van der Waals surface area contributed by atoms with Crippen molar-refractivity contribution in [3.8, 4) is 0 Å². The van der Waals surface area contributed by atoms with Crippen LogP contribution in [0.4, 0.5) is 8.78 Å². The first-order valence-electron chi connectivity index (χ1n) is 10.1. The molecule has 6 rings (SSSR count). The number of aryl methyl sites for hydroxylation is 1. The first kappa shape index (κ1) is 17.8. The van der Waals surface area contributed by atoms with Gasteiger partial charge in [0, 0.05) is 24.1 Å². The fraction of sp³-hybridized carbons (Fsp3) is 0.435. The van der Waals surface area contributed by atoms with Crippen molar-refractivity contribution in [2.45, 2.75) is 37.8 Å². The van der Waals surface area contributed by atoms with Crippen molar-refractivity contribution in [3.05, 3.63) is 70.8 Å². The third kappa shape index (κ3) is 2.60. The minimum absolute atomic E-state index is 0.0150. The number of hydrogen-bond acceptors (Lipinski definition) is 2. The Morgan fingerprint density at radius 3 is 2.50 bits per heavy atom. The highest BCUT2D eigenvalue weighted by molar-refractivity contribution is 5.96. The van der Waals surface area contributed by atoms with Crippen LogP contribution in [0.15, 0.2) is 42.5 Å². The molecule has 3 atom stereocenters. The average molecular weight is 382 g/mol. The lowest BCUT2D eigenvalue weighted by atomic mass is 9.75. The minimum Gasteiger partial charge on any atom is -0.333 e. The van der Waals surface area contributed by atoms with E-state index in [4.69, 9.17) is 0 Å². The van der Waals surface area contributed by atoms with Crippen molar-refractivity contribution >= 4 is 5.91 Å². The first-order valence-corrected chi connectivity index (χ1v) is 10.1. The Bertz CT molecular complexity index is 923. The Hall–Kier alpha value is -2.27. The molecule has 2 aromatic rings. The van der Waals surface area contributed by atoms with Gasteiger partial charge in [0.25, 0.3) is 5.91 Å². The summed E-state index contributed by atoms with van der Waals surface area (Å²) in [6.07, 6.45) is 2.13. The van der Waals surface area contributed by atoms with Gasteiger partial charge in [-0.05, 0) is 62.0 Å². The smallest absolute Gasteiger partial charge is 0.254 e. The molecule has 2 aromatic carbocycles. The summed E-state index contributed by atoms with van der Waals surface area (Å²) in [5.41, 5.74) is 2.06. The molecule has 4 aliphatic heterocycles. The van der Waals surface area contributed by atoms with Crippen LogP contribution in [0.1, 0.15) is 40.2 Å². The normalized spacial score (nSPS) is 31.1. The van der Waals surface area contributed by atoms with E-state index in [0.717, 1.165) is 37.6 Å². The molecule has 1 amide bonds. The molecule has 0 aliphatic carbocycles. The van der Waals surface area contributed by atoms with Gasteiger partial charge in [0.2, 0.25) is 0 Å². The van der Waals surface area contributed by atoms with E-state index in [9.17, 15) is 13.6 Å². The van der Waals surface area contributed by atoms with E-state index in [1.165, 1.54) is 0 Å². The lowest BCUT2D eigenvalue weighted by Crippen LogP contribution is -2.60. The van der Waals surface area contributed by atoms with Gasteiger partial charge >= 0.3 is 0 Å². The highest BCUT2D eigenvalue weighted by atomic mass is 19.2. The maximum atomic E-state index is 14.7. The molecule has 2 bridgehead atoms. The maximum Gasteiger partial charge on any atom is 0.254 e. The zero-order chi connectivity index (χ0) is 19.4. The van der Waals surface area contributed by atoms with Gasteiger partial charge in [-0.1, -0.05) is 30.3 Å². The molecule has 4 saturated heterocycles. The molecule has 5 heteroatoms. The predicted octanol–water partition coefficient (Wildman–Crippen LogP) is 3.98. The highest BCUT2D eigenvalue weighted by Crippen LogP contribution is 2.47. The molecule has 146 valence electrons. The molecule has 0 N–H and O–H groups in total. The van der Waals surface area contributed by atoms with Crippen LogP contribution in [0.5, 0.6) is 0 Å². The number of carbonyl (C=O) groups excluding carboxylic acids is 1. The summed E-state index contributed by atoms with van der Waals surface area (Å²) >= 11 is 0. The van der Waals surface area contributed by atoms with E-state index in [1.54, 1.807) is 12.1 Å². The fourth-order valence-electron chi connectivity index (χ4n) is 5.70. The van der Waals surface area contributed by atoms with Crippen molar-refractivity contribution in [1.82, 2.24) is 9.80 Å². The molecule has 28 heavy (non-hydrogen) atoms. The summed E-state index contributed by atoms with van der Waals surface area (Å²) in [6.45, 7) is 4.34. The summed E-state index contributed by atoms with van der Waals surface area (Å²) in [5.74, 6) is -1.32. The van der Waals surface area contributed by atoms with Crippen molar-refractivity contribution in [2.75, 3.05) is 19.6 Å². The van der Waals surface area contributed by atoms with Crippen LogP contribution >= 0.6 is 0 Å². The van der Waals surface area contributed by atoms with E-state index in [2.05, 4.69) is 4.90 Å². The molecule has 3 nitrogen and oxygen atoms in total. The molecule has 4 aliphatic rings. The molecule has 0 spiro atoms. The summed E-state index contributed by atoms with van der Waals surface area (Å²) in [6, 6.07) is 12.2. The number of halogens is 2. The summed E-state index contributed by atoms with van der Waals surface area (Å²) in [7, 11) is 0. The lowest BCUT2D eigenvalue weighted by molar-refractivity contribution is -0.00361. The van der Waals surface area contributed by atoms with Crippen LogP contribution in [-0.2, 0) is 0 Å². The van der Waals surface area contributed by atoms with Crippen LogP contribution in [0.3, 0.4) is 0 Å². The third-order valence-electron chi connectivity index (χ3n) is 7.01. The molecule has 0 saturated carbocycles. The highest BCUT2D eigenvalue weighted by Gasteiger charge is 2.55. The number of hydrogen-bond donors (Lipinski definition) is 0. The second-order valence-corrected chi connectivity index (χ2v) is 8.38. The molecular formula is C23H24F2N2O. The van der Waals surface area contributed by atoms with Crippen molar-refractivity contribution < 1.29 is 13.6 Å². The first-order chi connectivity index (χ1) is 13.6. The summed E-state index contributed by atoms with van der Waals surface area (Å²) in [4.78, 5) is 17.8. The van der Waals surface area contributed by atoms with E-state index in [-0.39, 0.29) is 23.9 Å². The van der Waals surface area contributed by atoms with Gasteiger partial charge in [-0.2, -0.15) is 0 Å². The summed E-state index contributed by atoms with van der Waals surface area (Å²) in [5, 5.41) is 0. The second-order valence-electron chi connectivity index (χ2n) is 8.38. The van der Waals surface area contributed by atoms with Gasteiger partial charge in [-0.3, -0.25) is 9.69 Å².